The Bertz CT molecular complexity index is 823. The normalized spacial score (nSPS) is 12.3. The lowest BCUT2D eigenvalue weighted by atomic mass is 10.2. The topological polar surface area (TPSA) is 88.6 Å². The van der Waals surface area contributed by atoms with Gasteiger partial charge in [0.05, 0.1) is 11.9 Å². The Balaban J connectivity index is 1.97. The number of amides is 1. The molecule has 1 aromatic carbocycles. The third-order valence-corrected chi connectivity index (χ3v) is 5.03. The number of nitrogens with zero attached hydrogens (tertiary/aromatic N) is 2. The Morgan fingerprint density at radius 3 is 2.50 bits per heavy atom. The van der Waals surface area contributed by atoms with Crippen LogP contribution in [0.25, 0.3) is 0 Å². The van der Waals surface area contributed by atoms with Crippen LogP contribution in [0.5, 0.6) is 5.75 Å². The zero-order valence-corrected chi connectivity index (χ0v) is 15.9. The third kappa shape index (κ3) is 5.45. The van der Waals surface area contributed by atoms with Crippen molar-refractivity contribution in [2.24, 2.45) is 0 Å². The molecule has 2 aromatic rings. The largest absolute Gasteiger partial charge is 0.481 e. The number of sulfonamides is 1. The summed E-state index contributed by atoms with van der Waals surface area (Å²) in [6.45, 7) is 2.24. The smallest absolute Gasteiger partial charge is 0.261 e. The number of carbonyl (C=O) groups is 1. The fourth-order valence-electron chi connectivity index (χ4n) is 2.22. The quantitative estimate of drug-likeness (QED) is 0.760. The van der Waals surface area contributed by atoms with Crippen molar-refractivity contribution in [3.05, 3.63) is 54.4 Å². The molecular formula is C18H23N3O4S. The summed E-state index contributed by atoms with van der Waals surface area (Å²) in [5.74, 6) is 0.285. The molecule has 7 nitrogen and oxygen atoms in total. The second kappa shape index (κ2) is 8.66. The van der Waals surface area contributed by atoms with Crippen LogP contribution in [0, 0.1) is 0 Å². The Morgan fingerprint density at radius 2 is 1.96 bits per heavy atom. The molecule has 1 heterocycles. The highest BCUT2D eigenvalue weighted by Gasteiger charge is 2.18. The van der Waals surface area contributed by atoms with Crippen LogP contribution in [0.1, 0.15) is 18.9 Å². The summed E-state index contributed by atoms with van der Waals surface area (Å²) in [4.78, 5) is 16.3. The summed E-state index contributed by atoms with van der Waals surface area (Å²) in [5.41, 5.74) is 1.43. The molecule has 1 N–H and O–H groups in total. The van der Waals surface area contributed by atoms with Crippen molar-refractivity contribution in [1.82, 2.24) is 10.3 Å². The van der Waals surface area contributed by atoms with Crippen LogP contribution in [0.2, 0.25) is 0 Å². The van der Waals surface area contributed by atoms with Gasteiger partial charge in [0.25, 0.3) is 5.91 Å². The molecule has 0 aliphatic heterocycles. The van der Waals surface area contributed by atoms with Crippen molar-refractivity contribution in [3.8, 4) is 5.75 Å². The molecule has 0 saturated carbocycles. The zero-order valence-electron chi connectivity index (χ0n) is 15.0. The number of nitrogens with one attached hydrogen (secondary N) is 1. The van der Waals surface area contributed by atoms with Gasteiger partial charge in [0.15, 0.2) is 6.10 Å². The van der Waals surface area contributed by atoms with Gasteiger partial charge in [-0.3, -0.25) is 14.1 Å². The van der Waals surface area contributed by atoms with E-state index in [1.165, 1.54) is 11.4 Å². The van der Waals surface area contributed by atoms with Crippen molar-refractivity contribution < 1.29 is 17.9 Å². The molecule has 140 valence electrons. The Morgan fingerprint density at radius 1 is 1.27 bits per heavy atom. The number of rotatable bonds is 8. The number of hydrogen-bond acceptors (Lipinski definition) is 5. The van der Waals surface area contributed by atoms with Crippen LogP contribution in [0.3, 0.4) is 0 Å². The van der Waals surface area contributed by atoms with E-state index >= 15 is 0 Å². The number of ether oxygens (including phenoxy) is 1. The van der Waals surface area contributed by atoms with Gasteiger partial charge in [-0.2, -0.15) is 0 Å². The molecule has 0 saturated heterocycles. The van der Waals surface area contributed by atoms with E-state index in [1.807, 2.05) is 19.1 Å². The predicted molar refractivity (Wildman–Crippen MR) is 100 cm³/mol. The van der Waals surface area contributed by atoms with E-state index in [0.29, 0.717) is 24.4 Å². The van der Waals surface area contributed by atoms with Crippen molar-refractivity contribution in [2.45, 2.75) is 26.0 Å². The molecule has 0 aliphatic carbocycles. The van der Waals surface area contributed by atoms with E-state index in [9.17, 15) is 13.2 Å². The summed E-state index contributed by atoms with van der Waals surface area (Å²) in [6, 6.07) is 10.3. The fourth-order valence-corrected chi connectivity index (χ4v) is 2.72. The fraction of sp³-hybridized carbons (Fsp3) is 0.333. The molecule has 1 aromatic heterocycles. The summed E-state index contributed by atoms with van der Waals surface area (Å²) < 4.78 is 30.0. The predicted octanol–water partition coefficient (Wildman–Crippen LogP) is 1.95. The second-order valence-corrected chi connectivity index (χ2v) is 7.83. The summed E-state index contributed by atoms with van der Waals surface area (Å²) in [7, 11) is -1.84. The van der Waals surface area contributed by atoms with Crippen molar-refractivity contribution in [2.75, 3.05) is 17.6 Å². The van der Waals surface area contributed by atoms with E-state index < -0.39 is 16.1 Å². The molecule has 0 spiro atoms. The Hall–Kier alpha value is -2.61. The molecule has 2 rings (SSSR count). The average molecular weight is 377 g/mol. The standard InChI is InChI=1S/C18H23N3O4S/c1-4-17(18(22)20-13-14-6-5-11-19-12-14)25-16-9-7-15(8-10-16)21(2)26(3,23)24/h5-12,17H,4,13H2,1-3H3,(H,20,22)/t17-/m0/s1. The first-order chi connectivity index (χ1) is 12.3. The van der Waals surface area contributed by atoms with Gasteiger partial charge in [0.1, 0.15) is 5.75 Å². The molecule has 0 unspecified atom stereocenters. The molecule has 8 heteroatoms. The Kier molecular flexibility index (Phi) is 6.57. The highest BCUT2D eigenvalue weighted by Crippen LogP contribution is 2.21. The highest BCUT2D eigenvalue weighted by molar-refractivity contribution is 7.92. The van der Waals surface area contributed by atoms with Crippen LogP contribution in [0.15, 0.2) is 48.8 Å². The molecular weight excluding hydrogens is 354 g/mol. The summed E-state index contributed by atoms with van der Waals surface area (Å²) >= 11 is 0. The monoisotopic (exact) mass is 377 g/mol. The third-order valence-electron chi connectivity index (χ3n) is 3.83. The number of carbonyl (C=O) groups excluding carboxylic acids is 1. The second-order valence-electron chi connectivity index (χ2n) is 5.82. The number of benzene rings is 1. The first kappa shape index (κ1) is 19.7. The molecule has 0 bridgehead atoms. The maximum Gasteiger partial charge on any atom is 0.261 e. The number of aromatic nitrogens is 1. The molecule has 0 aliphatic rings. The number of anilines is 1. The van der Waals surface area contributed by atoms with Gasteiger partial charge >= 0.3 is 0 Å². The van der Waals surface area contributed by atoms with E-state index in [4.69, 9.17) is 4.74 Å². The van der Waals surface area contributed by atoms with E-state index in [-0.39, 0.29) is 5.91 Å². The van der Waals surface area contributed by atoms with Crippen molar-refractivity contribution >= 4 is 21.6 Å². The van der Waals surface area contributed by atoms with Crippen LogP contribution in [0.4, 0.5) is 5.69 Å². The minimum atomic E-state index is -3.32. The lowest BCUT2D eigenvalue weighted by Gasteiger charge is -2.19. The SMILES string of the molecule is CC[C@H](Oc1ccc(N(C)S(C)(=O)=O)cc1)C(=O)NCc1cccnc1. The van der Waals surface area contributed by atoms with Crippen LogP contribution in [-0.4, -0.2) is 38.7 Å². The van der Waals surface area contributed by atoms with E-state index in [0.717, 1.165) is 11.8 Å². The van der Waals surface area contributed by atoms with Gasteiger partial charge in [-0.05, 0) is 42.3 Å². The molecule has 1 atom stereocenters. The van der Waals surface area contributed by atoms with Gasteiger partial charge in [-0.15, -0.1) is 0 Å². The Labute approximate surface area is 154 Å². The van der Waals surface area contributed by atoms with Crippen LogP contribution >= 0.6 is 0 Å². The minimum absolute atomic E-state index is 0.214. The average Bonchev–Trinajstić information content (AvgIpc) is 2.64. The lowest BCUT2D eigenvalue weighted by molar-refractivity contribution is -0.128. The molecule has 1 amide bonds. The first-order valence-corrected chi connectivity index (χ1v) is 10.0. The van der Waals surface area contributed by atoms with Gasteiger partial charge < -0.3 is 10.1 Å². The molecule has 0 fully saturated rings. The zero-order chi connectivity index (χ0) is 19.2. The molecule has 0 radical (unpaired) electrons. The van der Waals surface area contributed by atoms with Gasteiger partial charge in [0.2, 0.25) is 10.0 Å². The number of hydrogen-bond donors (Lipinski definition) is 1. The highest BCUT2D eigenvalue weighted by atomic mass is 32.2. The summed E-state index contributed by atoms with van der Waals surface area (Å²) in [5, 5.41) is 2.83. The van der Waals surface area contributed by atoms with Gasteiger partial charge in [0, 0.05) is 26.0 Å². The summed E-state index contributed by atoms with van der Waals surface area (Å²) in [6.07, 6.45) is 4.37. The van der Waals surface area contributed by atoms with E-state index in [2.05, 4.69) is 10.3 Å². The molecule has 26 heavy (non-hydrogen) atoms. The lowest BCUT2D eigenvalue weighted by Crippen LogP contribution is -2.37. The van der Waals surface area contributed by atoms with Gasteiger partial charge in [-0.25, -0.2) is 8.42 Å². The van der Waals surface area contributed by atoms with E-state index in [1.54, 1.807) is 36.7 Å². The van der Waals surface area contributed by atoms with Gasteiger partial charge in [-0.1, -0.05) is 13.0 Å². The van der Waals surface area contributed by atoms with Crippen LogP contribution < -0.4 is 14.4 Å². The first-order valence-electron chi connectivity index (χ1n) is 8.18. The van der Waals surface area contributed by atoms with Crippen molar-refractivity contribution in [1.29, 1.82) is 0 Å². The number of pyridine rings is 1. The minimum Gasteiger partial charge on any atom is -0.481 e. The van der Waals surface area contributed by atoms with Crippen molar-refractivity contribution in [3.63, 3.8) is 0 Å². The maximum absolute atomic E-state index is 12.3. The maximum atomic E-state index is 12.3. The van der Waals surface area contributed by atoms with Crippen LogP contribution in [-0.2, 0) is 21.4 Å².